The minimum Gasteiger partial charge on any atom is -0.497 e. The number of carbonyl (C=O) groups is 1. The van der Waals surface area contributed by atoms with E-state index in [4.69, 9.17) is 9.47 Å². The second kappa shape index (κ2) is 8.79. The number of aromatic nitrogens is 1. The number of ether oxygens (including phenoxy) is 2. The number of anilines is 1. The molecule has 0 atom stereocenters. The molecule has 0 saturated heterocycles. The summed E-state index contributed by atoms with van der Waals surface area (Å²) >= 11 is 1.29. The van der Waals surface area contributed by atoms with Crippen LogP contribution < -0.4 is 14.8 Å². The van der Waals surface area contributed by atoms with Gasteiger partial charge in [0.2, 0.25) is 5.91 Å². The fourth-order valence-corrected chi connectivity index (χ4v) is 3.33. The van der Waals surface area contributed by atoms with Gasteiger partial charge in [-0.25, -0.2) is 13.8 Å². The molecule has 0 spiro atoms. The molecule has 0 saturated carbocycles. The quantitative estimate of drug-likeness (QED) is 0.621. The van der Waals surface area contributed by atoms with Gasteiger partial charge in [0, 0.05) is 23.4 Å². The van der Waals surface area contributed by atoms with Crippen LogP contribution in [0.25, 0.3) is 11.3 Å². The lowest BCUT2D eigenvalue weighted by atomic mass is 10.1. The van der Waals surface area contributed by atoms with Gasteiger partial charge >= 0.3 is 0 Å². The first kappa shape index (κ1) is 19.8. The molecule has 1 aromatic heterocycles. The number of benzene rings is 2. The van der Waals surface area contributed by atoms with Gasteiger partial charge in [-0.2, -0.15) is 0 Å². The Morgan fingerprint density at radius 2 is 1.93 bits per heavy atom. The smallest absolute Gasteiger partial charge is 0.226 e. The molecule has 146 valence electrons. The van der Waals surface area contributed by atoms with Crippen LogP contribution in [0.2, 0.25) is 0 Å². The van der Waals surface area contributed by atoms with Gasteiger partial charge in [-0.3, -0.25) is 4.79 Å². The highest BCUT2D eigenvalue weighted by molar-refractivity contribution is 7.14. The molecule has 0 aliphatic carbocycles. The molecular formula is C20H18F2N2O3S. The summed E-state index contributed by atoms with van der Waals surface area (Å²) in [5.74, 6) is -0.803. The van der Waals surface area contributed by atoms with E-state index >= 15 is 0 Å². The van der Waals surface area contributed by atoms with E-state index in [0.29, 0.717) is 34.3 Å². The molecular weight excluding hydrogens is 386 g/mol. The molecule has 1 heterocycles. The fourth-order valence-electron chi connectivity index (χ4n) is 2.60. The van der Waals surface area contributed by atoms with E-state index in [1.165, 1.54) is 17.4 Å². The summed E-state index contributed by atoms with van der Waals surface area (Å²) in [5.41, 5.74) is 2.00. The Balaban J connectivity index is 1.64. The van der Waals surface area contributed by atoms with E-state index in [9.17, 15) is 13.6 Å². The Morgan fingerprint density at radius 3 is 2.64 bits per heavy atom. The van der Waals surface area contributed by atoms with E-state index < -0.39 is 11.6 Å². The van der Waals surface area contributed by atoms with Crippen molar-refractivity contribution in [1.82, 2.24) is 4.98 Å². The normalized spacial score (nSPS) is 10.6. The molecule has 3 aromatic rings. The molecule has 5 nitrogen and oxygen atoms in total. The molecule has 1 amide bonds. The molecule has 0 fully saturated rings. The zero-order valence-corrected chi connectivity index (χ0v) is 16.1. The molecule has 2 aromatic carbocycles. The number of carbonyl (C=O) groups excluding carboxylic acids is 1. The summed E-state index contributed by atoms with van der Waals surface area (Å²) < 4.78 is 36.7. The number of thiazole rings is 1. The maximum Gasteiger partial charge on any atom is 0.226 e. The van der Waals surface area contributed by atoms with Crippen LogP contribution >= 0.6 is 11.3 Å². The van der Waals surface area contributed by atoms with Crippen molar-refractivity contribution in [2.45, 2.75) is 12.8 Å². The summed E-state index contributed by atoms with van der Waals surface area (Å²) in [6.07, 6.45) is 0.430. The summed E-state index contributed by atoms with van der Waals surface area (Å²) in [6.45, 7) is 0. The molecule has 1 N–H and O–H groups in total. The third-order valence-corrected chi connectivity index (χ3v) is 4.82. The molecule has 0 aliphatic heterocycles. The number of halogens is 2. The van der Waals surface area contributed by atoms with Crippen LogP contribution in [0.1, 0.15) is 12.0 Å². The number of amides is 1. The number of aryl methyl sites for hydroxylation is 1. The lowest BCUT2D eigenvalue weighted by Crippen LogP contribution is -2.12. The van der Waals surface area contributed by atoms with Gasteiger partial charge in [0.1, 0.15) is 11.5 Å². The Bertz CT molecular complexity index is 991. The lowest BCUT2D eigenvalue weighted by molar-refractivity contribution is -0.116. The minimum absolute atomic E-state index is 0.131. The summed E-state index contributed by atoms with van der Waals surface area (Å²) in [5, 5.41) is 4.99. The third-order valence-electron chi connectivity index (χ3n) is 4.06. The van der Waals surface area contributed by atoms with Gasteiger partial charge in [-0.05, 0) is 36.2 Å². The lowest BCUT2D eigenvalue weighted by Gasteiger charge is -2.08. The third kappa shape index (κ3) is 4.64. The summed E-state index contributed by atoms with van der Waals surface area (Å²) in [6, 6.07) is 9.01. The highest BCUT2D eigenvalue weighted by Crippen LogP contribution is 2.34. The Hall–Kier alpha value is -3.00. The highest BCUT2D eigenvalue weighted by Gasteiger charge is 2.13. The van der Waals surface area contributed by atoms with Crippen LogP contribution in [0.15, 0.2) is 41.8 Å². The van der Waals surface area contributed by atoms with Crippen molar-refractivity contribution in [3.63, 3.8) is 0 Å². The average molecular weight is 404 g/mol. The van der Waals surface area contributed by atoms with Crippen molar-refractivity contribution >= 4 is 22.4 Å². The maximum atomic E-state index is 13.2. The number of methoxy groups -OCH3 is 2. The van der Waals surface area contributed by atoms with Crippen molar-refractivity contribution in [1.29, 1.82) is 0 Å². The fraction of sp³-hybridized carbons (Fsp3) is 0.200. The van der Waals surface area contributed by atoms with Crippen molar-refractivity contribution in [2.24, 2.45) is 0 Å². The van der Waals surface area contributed by atoms with Crippen molar-refractivity contribution in [3.05, 3.63) is 59.0 Å². The van der Waals surface area contributed by atoms with E-state index in [1.807, 2.05) is 11.4 Å². The van der Waals surface area contributed by atoms with Gasteiger partial charge in [0.25, 0.3) is 0 Å². The van der Waals surface area contributed by atoms with Crippen molar-refractivity contribution in [2.75, 3.05) is 19.5 Å². The van der Waals surface area contributed by atoms with Crippen molar-refractivity contribution < 1.29 is 23.0 Å². The first-order valence-electron chi connectivity index (χ1n) is 8.42. The Kier molecular flexibility index (Phi) is 6.20. The molecule has 0 bridgehead atoms. The number of rotatable bonds is 7. The second-order valence-corrected chi connectivity index (χ2v) is 6.76. The van der Waals surface area contributed by atoms with Gasteiger partial charge < -0.3 is 14.8 Å². The van der Waals surface area contributed by atoms with E-state index in [1.54, 1.807) is 26.4 Å². The molecule has 8 heteroatoms. The van der Waals surface area contributed by atoms with E-state index in [-0.39, 0.29) is 12.3 Å². The predicted octanol–water partition coefficient (Wildman–Crippen LogP) is 4.68. The summed E-state index contributed by atoms with van der Waals surface area (Å²) in [7, 11) is 3.14. The highest BCUT2D eigenvalue weighted by atomic mass is 32.1. The first-order chi connectivity index (χ1) is 13.5. The van der Waals surface area contributed by atoms with Gasteiger partial charge in [-0.1, -0.05) is 6.07 Å². The number of hydrogen-bond donors (Lipinski definition) is 1. The number of nitrogens with zero attached hydrogens (tertiary/aromatic N) is 1. The predicted molar refractivity (Wildman–Crippen MR) is 104 cm³/mol. The Labute approximate surface area is 164 Å². The van der Waals surface area contributed by atoms with Crippen LogP contribution in [0.5, 0.6) is 11.5 Å². The monoisotopic (exact) mass is 404 g/mol. The van der Waals surface area contributed by atoms with Crippen LogP contribution in [0.3, 0.4) is 0 Å². The number of nitrogens with one attached hydrogen (secondary N) is 1. The van der Waals surface area contributed by atoms with Crippen LogP contribution in [-0.4, -0.2) is 25.1 Å². The molecule has 0 radical (unpaired) electrons. The minimum atomic E-state index is -0.920. The standard InChI is InChI=1S/C20H18F2N2O3S/c1-26-13-5-6-14(18(10-13)27-2)17-11-28-20(23-17)24-19(25)8-4-12-3-7-15(21)16(22)9-12/h3,5-7,9-11H,4,8H2,1-2H3,(H,23,24,25). The zero-order chi connectivity index (χ0) is 20.1. The number of hydrogen-bond acceptors (Lipinski definition) is 5. The van der Waals surface area contributed by atoms with E-state index in [2.05, 4.69) is 10.3 Å². The molecule has 0 aliphatic rings. The van der Waals surface area contributed by atoms with Crippen molar-refractivity contribution in [3.8, 4) is 22.8 Å². The molecule has 3 rings (SSSR count). The second-order valence-electron chi connectivity index (χ2n) is 5.90. The van der Waals surface area contributed by atoms with Crippen LogP contribution in [-0.2, 0) is 11.2 Å². The SMILES string of the molecule is COc1ccc(-c2csc(NC(=O)CCc3ccc(F)c(F)c3)n2)c(OC)c1. The maximum absolute atomic E-state index is 13.2. The van der Waals surface area contributed by atoms with E-state index in [0.717, 1.165) is 17.7 Å². The van der Waals surface area contributed by atoms with Gasteiger partial charge in [-0.15, -0.1) is 11.3 Å². The largest absolute Gasteiger partial charge is 0.497 e. The Morgan fingerprint density at radius 1 is 1.11 bits per heavy atom. The molecule has 0 unspecified atom stereocenters. The molecule has 28 heavy (non-hydrogen) atoms. The average Bonchev–Trinajstić information content (AvgIpc) is 3.16. The van der Waals surface area contributed by atoms with Crippen LogP contribution in [0, 0.1) is 11.6 Å². The first-order valence-corrected chi connectivity index (χ1v) is 9.30. The zero-order valence-electron chi connectivity index (χ0n) is 15.3. The van der Waals surface area contributed by atoms with Crippen LogP contribution in [0.4, 0.5) is 13.9 Å². The van der Waals surface area contributed by atoms with Gasteiger partial charge in [0.05, 0.1) is 19.9 Å². The topological polar surface area (TPSA) is 60.5 Å². The summed E-state index contributed by atoms with van der Waals surface area (Å²) in [4.78, 5) is 16.6. The van der Waals surface area contributed by atoms with Gasteiger partial charge in [0.15, 0.2) is 16.8 Å².